The van der Waals surface area contributed by atoms with E-state index in [0.717, 1.165) is 0 Å². The molecule has 0 aromatic carbocycles. The Bertz CT molecular complexity index is 551. The van der Waals surface area contributed by atoms with Gasteiger partial charge in [0, 0.05) is 37.2 Å². The molecule has 0 aliphatic carbocycles. The predicted molar refractivity (Wildman–Crippen MR) is 80.8 cm³/mol. The summed E-state index contributed by atoms with van der Waals surface area (Å²) in [5, 5.41) is 3.14. The molecule has 2 rings (SSSR count). The Kier molecular flexibility index (Phi) is 4.16. The van der Waals surface area contributed by atoms with Crippen LogP contribution in [0.5, 0.6) is 0 Å². The molecule has 21 heavy (non-hydrogen) atoms. The Labute approximate surface area is 124 Å². The van der Waals surface area contributed by atoms with Crippen molar-refractivity contribution in [3.63, 3.8) is 0 Å². The van der Waals surface area contributed by atoms with Gasteiger partial charge in [0.25, 0.3) is 5.91 Å². The lowest BCUT2D eigenvalue weighted by atomic mass is 10.1. The smallest absolute Gasteiger partial charge is 0.252 e. The molecule has 0 radical (unpaired) electrons. The van der Waals surface area contributed by atoms with Crippen LogP contribution < -0.4 is 11.1 Å². The van der Waals surface area contributed by atoms with E-state index in [-0.39, 0.29) is 17.4 Å². The van der Waals surface area contributed by atoms with Gasteiger partial charge in [-0.15, -0.1) is 0 Å². The molecule has 6 heteroatoms. The van der Waals surface area contributed by atoms with Crippen molar-refractivity contribution >= 4 is 17.6 Å². The molecule has 0 unspecified atom stereocenters. The molecule has 2 heterocycles. The molecular formula is C15H22N4O2. The molecule has 1 saturated heterocycles. The lowest BCUT2D eigenvalue weighted by molar-refractivity contribution is -0.131. The fraction of sp³-hybridized carbons (Fsp3) is 0.533. The number of aromatic nitrogens is 1. The molecule has 1 aliphatic rings. The Morgan fingerprint density at radius 3 is 2.81 bits per heavy atom. The van der Waals surface area contributed by atoms with E-state index in [0.29, 0.717) is 30.9 Å². The highest BCUT2D eigenvalue weighted by molar-refractivity contribution is 5.97. The van der Waals surface area contributed by atoms with Crippen molar-refractivity contribution in [3.8, 4) is 0 Å². The number of nitrogens with two attached hydrogens (primary N) is 1. The summed E-state index contributed by atoms with van der Waals surface area (Å²) in [5.41, 5.74) is 5.53. The molecule has 2 amide bonds. The summed E-state index contributed by atoms with van der Waals surface area (Å²) in [6.07, 6.45) is 2.12. The summed E-state index contributed by atoms with van der Waals surface area (Å²) in [5.74, 6) is 0.348. The van der Waals surface area contributed by atoms with Crippen molar-refractivity contribution in [2.75, 3.05) is 18.4 Å². The van der Waals surface area contributed by atoms with E-state index in [2.05, 4.69) is 10.3 Å². The highest BCUT2D eigenvalue weighted by Gasteiger charge is 2.35. The number of rotatable bonds is 4. The van der Waals surface area contributed by atoms with Crippen LogP contribution in [0.3, 0.4) is 0 Å². The number of nitrogens with zero attached hydrogens (tertiary/aromatic N) is 2. The molecule has 0 saturated carbocycles. The van der Waals surface area contributed by atoms with Crippen molar-refractivity contribution in [1.29, 1.82) is 0 Å². The highest BCUT2D eigenvalue weighted by Crippen LogP contribution is 2.26. The quantitative estimate of drug-likeness (QED) is 0.873. The fourth-order valence-corrected chi connectivity index (χ4v) is 2.55. The lowest BCUT2D eigenvalue weighted by Crippen LogP contribution is -2.42. The Balaban J connectivity index is 1.99. The van der Waals surface area contributed by atoms with Crippen LogP contribution in [0.2, 0.25) is 0 Å². The van der Waals surface area contributed by atoms with E-state index >= 15 is 0 Å². The normalized spacial score (nSPS) is 18.9. The van der Waals surface area contributed by atoms with E-state index in [1.54, 1.807) is 18.3 Å². The first-order valence-corrected chi connectivity index (χ1v) is 7.08. The van der Waals surface area contributed by atoms with Gasteiger partial charge in [-0.25, -0.2) is 4.98 Å². The van der Waals surface area contributed by atoms with Crippen LogP contribution in [0.15, 0.2) is 18.3 Å². The van der Waals surface area contributed by atoms with Gasteiger partial charge in [-0.05, 0) is 32.9 Å². The first-order chi connectivity index (χ1) is 9.79. The third kappa shape index (κ3) is 3.51. The average Bonchev–Trinajstić information content (AvgIpc) is 2.78. The Morgan fingerprint density at radius 1 is 1.52 bits per heavy atom. The van der Waals surface area contributed by atoms with Gasteiger partial charge in [-0.2, -0.15) is 0 Å². The van der Waals surface area contributed by atoms with Gasteiger partial charge >= 0.3 is 0 Å². The lowest BCUT2D eigenvalue weighted by Gasteiger charge is -2.32. The van der Waals surface area contributed by atoms with E-state index in [4.69, 9.17) is 5.73 Å². The van der Waals surface area contributed by atoms with Gasteiger partial charge in [0.2, 0.25) is 5.91 Å². The summed E-state index contributed by atoms with van der Waals surface area (Å²) in [6.45, 7) is 7.41. The fourth-order valence-electron chi connectivity index (χ4n) is 2.55. The van der Waals surface area contributed by atoms with E-state index in [1.807, 2.05) is 25.7 Å². The predicted octanol–water partition coefficient (Wildman–Crippen LogP) is 1.24. The summed E-state index contributed by atoms with van der Waals surface area (Å²) in [6, 6.07) is 3.31. The van der Waals surface area contributed by atoms with E-state index < -0.39 is 5.91 Å². The van der Waals surface area contributed by atoms with Crippen molar-refractivity contribution in [2.24, 2.45) is 11.7 Å². The van der Waals surface area contributed by atoms with Crippen LogP contribution in [0.4, 0.5) is 5.82 Å². The summed E-state index contributed by atoms with van der Waals surface area (Å²) < 4.78 is 0. The number of pyridine rings is 1. The van der Waals surface area contributed by atoms with Gasteiger partial charge in [-0.1, -0.05) is 0 Å². The zero-order chi connectivity index (χ0) is 15.6. The molecule has 1 fully saturated rings. The van der Waals surface area contributed by atoms with Crippen LogP contribution in [-0.4, -0.2) is 40.3 Å². The van der Waals surface area contributed by atoms with Gasteiger partial charge in [0.05, 0.1) is 5.56 Å². The van der Waals surface area contributed by atoms with Crippen molar-refractivity contribution in [2.45, 2.75) is 32.7 Å². The van der Waals surface area contributed by atoms with Gasteiger partial charge in [-0.3, -0.25) is 9.59 Å². The Morgan fingerprint density at radius 2 is 2.24 bits per heavy atom. The monoisotopic (exact) mass is 290 g/mol. The number of likely N-dealkylation sites (tertiary alicyclic amines) is 1. The van der Waals surface area contributed by atoms with E-state index in [9.17, 15) is 9.59 Å². The van der Waals surface area contributed by atoms with E-state index in [1.165, 1.54) is 0 Å². The molecule has 1 atom stereocenters. The molecule has 0 spiro atoms. The number of anilines is 1. The summed E-state index contributed by atoms with van der Waals surface area (Å²) in [4.78, 5) is 29.4. The molecule has 1 aliphatic heterocycles. The third-order valence-electron chi connectivity index (χ3n) is 3.65. The number of carbonyl (C=O) groups is 2. The Hall–Kier alpha value is -2.11. The van der Waals surface area contributed by atoms with Crippen LogP contribution in [0, 0.1) is 5.92 Å². The molecule has 1 aromatic heterocycles. The first kappa shape index (κ1) is 15.3. The largest absolute Gasteiger partial charge is 0.369 e. The number of primary amides is 1. The van der Waals surface area contributed by atoms with Crippen LogP contribution in [0.25, 0.3) is 0 Å². The third-order valence-corrected chi connectivity index (χ3v) is 3.65. The second kappa shape index (κ2) is 5.71. The maximum Gasteiger partial charge on any atom is 0.252 e. The minimum absolute atomic E-state index is 0.158. The topological polar surface area (TPSA) is 88.3 Å². The second-order valence-corrected chi connectivity index (χ2v) is 6.39. The summed E-state index contributed by atoms with van der Waals surface area (Å²) in [7, 11) is 0. The molecule has 6 nitrogen and oxygen atoms in total. The summed E-state index contributed by atoms with van der Waals surface area (Å²) >= 11 is 0. The maximum absolute atomic E-state index is 12.0. The number of hydrogen-bond donors (Lipinski definition) is 2. The zero-order valence-electron chi connectivity index (χ0n) is 12.7. The molecule has 3 N–H and O–H groups in total. The van der Waals surface area contributed by atoms with Crippen LogP contribution >= 0.6 is 0 Å². The molecule has 0 bridgehead atoms. The van der Waals surface area contributed by atoms with Crippen molar-refractivity contribution < 1.29 is 9.59 Å². The first-order valence-electron chi connectivity index (χ1n) is 7.08. The maximum atomic E-state index is 12.0. The van der Waals surface area contributed by atoms with Gasteiger partial charge in [0.1, 0.15) is 5.82 Å². The van der Waals surface area contributed by atoms with Gasteiger partial charge in [0.15, 0.2) is 0 Å². The zero-order valence-corrected chi connectivity index (χ0v) is 12.7. The number of amides is 2. The van der Waals surface area contributed by atoms with Crippen molar-refractivity contribution in [3.05, 3.63) is 23.9 Å². The van der Waals surface area contributed by atoms with Crippen molar-refractivity contribution in [1.82, 2.24) is 9.88 Å². The second-order valence-electron chi connectivity index (χ2n) is 6.39. The van der Waals surface area contributed by atoms with Crippen LogP contribution in [-0.2, 0) is 4.79 Å². The highest BCUT2D eigenvalue weighted by atomic mass is 16.2. The molecular weight excluding hydrogens is 268 g/mol. The standard InChI is InChI=1S/C15H22N4O2/c1-15(2,3)19-9-10(7-12(19)20)8-18-14-11(13(16)21)5-4-6-17-14/h4-6,10H,7-9H2,1-3H3,(H2,16,21)(H,17,18)/t10-/m0/s1. The minimum atomic E-state index is -0.510. The average molecular weight is 290 g/mol. The SMILES string of the molecule is CC(C)(C)N1C[C@H](CNc2ncccc2C(N)=O)CC1=O. The number of carbonyl (C=O) groups excluding carboxylic acids is 2. The van der Waals surface area contributed by atoms with Crippen LogP contribution in [0.1, 0.15) is 37.6 Å². The number of hydrogen-bond acceptors (Lipinski definition) is 4. The molecule has 114 valence electrons. The van der Waals surface area contributed by atoms with Gasteiger partial charge < -0.3 is 16.0 Å². The molecule has 1 aromatic rings. The minimum Gasteiger partial charge on any atom is -0.369 e. The number of nitrogens with one attached hydrogen (secondary N) is 1.